The zero-order valence-electron chi connectivity index (χ0n) is 17.2. The van der Waals surface area contributed by atoms with Crippen molar-refractivity contribution in [1.29, 1.82) is 0 Å². The van der Waals surface area contributed by atoms with Gasteiger partial charge >= 0.3 is 0 Å². The second-order valence-corrected chi connectivity index (χ2v) is 6.96. The monoisotopic (exact) mass is 389 g/mol. The van der Waals surface area contributed by atoms with Crippen LogP contribution in [0, 0.1) is 6.92 Å². The van der Waals surface area contributed by atoms with Gasteiger partial charge in [-0.25, -0.2) is 0 Å². The minimum absolute atomic E-state index is 0.0333. The molecule has 0 bridgehead atoms. The Hall–Kier alpha value is -3.27. The number of benzene rings is 3. The van der Waals surface area contributed by atoms with Crippen molar-refractivity contribution in [2.45, 2.75) is 27.0 Å². The lowest BCUT2D eigenvalue weighted by Gasteiger charge is -2.19. The summed E-state index contributed by atoms with van der Waals surface area (Å²) in [5.74, 6) is 1.53. The van der Waals surface area contributed by atoms with Gasteiger partial charge in [0.05, 0.1) is 6.61 Å². The van der Waals surface area contributed by atoms with Crippen LogP contribution in [0.4, 0.5) is 0 Å². The number of amides is 1. The van der Waals surface area contributed by atoms with E-state index >= 15 is 0 Å². The Bertz CT molecular complexity index is 953. The van der Waals surface area contributed by atoms with Crippen molar-refractivity contribution >= 4 is 5.91 Å². The molecule has 3 aromatic carbocycles. The first-order valence-corrected chi connectivity index (χ1v) is 9.82. The number of carbonyl (C=O) groups is 1. The summed E-state index contributed by atoms with van der Waals surface area (Å²) in [6.07, 6.45) is 0. The summed E-state index contributed by atoms with van der Waals surface area (Å²) in [6.45, 7) is 5.40. The average molecular weight is 389 g/mol. The van der Waals surface area contributed by atoms with Crippen molar-refractivity contribution in [2.24, 2.45) is 0 Å². The second kappa shape index (κ2) is 9.78. The van der Waals surface area contributed by atoms with E-state index in [-0.39, 0.29) is 5.91 Å². The van der Waals surface area contributed by atoms with Crippen LogP contribution in [0.1, 0.15) is 34.0 Å². The molecule has 0 N–H and O–H groups in total. The Kier molecular flexibility index (Phi) is 6.90. The first-order chi connectivity index (χ1) is 14.1. The van der Waals surface area contributed by atoms with E-state index in [2.05, 4.69) is 0 Å². The molecule has 0 aromatic heterocycles. The fraction of sp³-hybridized carbons (Fsp3) is 0.240. The normalized spacial score (nSPS) is 10.4. The fourth-order valence-electron chi connectivity index (χ4n) is 3.14. The van der Waals surface area contributed by atoms with E-state index in [0.717, 1.165) is 28.2 Å². The smallest absolute Gasteiger partial charge is 0.253 e. The van der Waals surface area contributed by atoms with E-state index in [1.54, 1.807) is 4.90 Å². The summed E-state index contributed by atoms with van der Waals surface area (Å²) in [7, 11) is 1.81. The van der Waals surface area contributed by atoms with Crippen LogP contribution >= 0.6 is 0 Å². The van der Waals surface area contributed by atoms with E-state index in [4.69, 9.17) is 9.47 Å². The minimum atomic E-state index is -0.0333. The number of hydrogen-bond donors (Lipinski definition) is 0. The molecule has 4 heteroatoms. The van der Waals surface area contributed by atoms with Crippen LogP contribution in [-0.2, 0) is 13.2 Å². The van der Waals surface area contributed by atoms with Crippen LogP contribution < -0.4 is 9.47 Å². The van der Waals surface area contributed by atoms with E-state index in [1.807, 2.05) is 93.7 Å². The van der Waals surface area contributed by atoms with Gasteiger partial charge in [-0.2, -0.15) is 0 Å². The van der Waals surface area contributed by atoms with E-state index in [9.17, 15) is 4.79 Å². The molecule has 0 heterocycles. The molecule has 1 amide bonds. The maximum Gasteiger partial charge on any atom is 0.253 e. The first-order valence-electron chi connectivity index (χ1n) is 9.82. The van der Waals surface area contributed by atoms with Crippen molar-refractivity contribution in [1.82, 2.24) is 4.90 Å². The summed E-state index contributed by atoms with van der Waals surface area (Å²) in [6, 6.07) is 23.4. The molecule has 0 unspecified atom stereocenters. The highest BCUT2D eigenvalue weighted by atomic mass is 16.5. The van der Waals surface area contributed by atoms with Crippen LogP contribution in [0.5, 0.6) is 11.5 Å². The lowest BCUT2D eigenvalue weighted by atomic mass is 10.1. The van der Waals surface area contributed by atoms with Crippen LogP contribution in [0.25, 0.3) is 0 Å². The largest absolute Gasteiger partial charge is 0.493 e. The van der Waals surface area contributed by atoms with Crippen molar-refractivity contribution in [3.8, 4) is 11.5 Å². The molecule has 29 heavy (non-hydrogen) atoms. The Balaban J connectivity index is 1.78. The van der Waals surface area contributed by atoms with Gasteiger partial charge in [-0.1, -0.05) is 48.5 Å². The summed E-state index contributed by atoms with van der Waals surface area (Å²) >= 11 is 0. The minimum Gasteiger partial charge on any atom is -0.493 e. The molecule has 4 nitrogen and oxygen atoms in total. The quantitative estimate of drug-likeness (QED) is 0.528. The Morgan fingerprint density at radius 1 is 0.897 bits per heavy atom. The molecule has 0 saturated heterocycles. The number of carbonyl (C=O) groups excluding carboxylic acids is 1. The number of nitrogens with zero attached hydrogens (tertiary/aromatic N) is 1. The standard InChI is InChI=1S/C25H27NO3/c1-4-28-24-15-14-21(25(27)26(3)17-20-11-6-5-7-12-20)16-22(24)18-29-23-13-9-8-10-19(23)2/h5-16H,4,17-18H2,1-3H3. The highest BCUT2D eigenvalue weighted by molar-refractivity contribution is 5.94. The fourth-order valence-corrected chi connectivity index (χ4v) is 3.14. The number of rotatable bonds is 8. The Morgan fingerprint density at radius 3 is 2.34 bits per heavy atom. The van der Waals surface area contributed by atoms with Crippen molar-refractivity contribution < 1.29 is 14.3 Å². The molecule has 150 valence electrons. The first kappa shape index (κ1) is 20.5. The molecule has 0 radical (unpaired) electrons. The van der Waals surface area contributed by atoms with Gasteiger partial charge in [0.15, 0.2) is 0 Å². The third-order valence-electron chi connectivity index (χ3n) is 4.69. The van der Waals surface area contributed by atoms with E-state index < -0.39 is 0 Å². The average Bonchev–Trinajstić information content (AvgIpc) is 2.74. The van der Waals surface area contributed by atoms with Crippen LogP contribution in [-0.4, -0.2) is 24.5 Å². The number of hydrogen-bond acceptors (Lipinski definition) is 3. The number of ether oxygens (including phenoxy) is 2. The van der Waals surface area contributed by atoms with E-state index in [1.165, 1.54) is 0 Å². The van der Waals surface area contributed by atoms with Crippen LogP contribution in [0.15, 0.2) is 72.8 Å². The molecule has 0 saturated carbocycles. The van der Waals surface area contributed by atoms with Gasteiger partial charge < -0.3 is 14.4 Å². The van der Waals surface area contributed by atoms with Crippen molar-refractivity contribution in [3.63, 3.8) is 0 Å². The maximum atomic E-state index is 12.9. The highest BCUT2D eigenvalue weighted by Gasteiger charge is 2.15. The van der Waals surface area contributed by atoms with Gasteiger partial charge in [-0.05, 0) is 49.2 Å². The molecule has 3 rings (SSSR count). The molecule has 0 fully saturated rings. The van der Waals surface area contributed by atoms with Gasteiger partial charge in [0, 0.05) is 24.7 Å². The maximum absolute atomic E-state index is 12.9. The van der Waals surface area contributed by atoms with E-state index in [0.29, 0.717) is 25.3 Å². The predicted octanol–water partition coefficient (Wildman–Crippen LogP) is 5.24. The number of aryl methyl sites for hydroxylation is 1. The molecule has 3 aromatic rings. The van der Waals surface area contributed by atoms with Gasteiger partial charge in [0.1, 0.15) is 18.1 Å². The lowest BCUT2D eigenvalue weighted by Crippen LogP contribution is -2.26. The van der Waals surface area contributed by atoms with Crippen molar-refractivity contribution in [2.75, 3.05) is 13.7 Å². The zero-order valence-corrected chi connectivity index (χ0v) is 17.2. The van der Waals surface area contributed by atoms with Gasteiger partial charge in [-0.3, -0.25) is 4.79 Å². The zero-order chi connectivity index (χ0) is 20.6. The number of para-hydroxylation sites is 1. The predicted molar refractivity (Wildman–Crippen MR) is 115 cm³/mol. The third-order valence-corrected chi connectivity index (χ3v) is 4.69. The highest BCUT2D eigenvalue weighted by Crippen LogP contribution is 2.25. The summed E-state index contributed by atoms with van der Waals surface area (Å²) in [5, 5.41) is 0. The molecule has 0 spiro atoms. The van der Waals surface area contributed by atoms with Crippen LogP contribution in [0.2, 0.25) is 0 Å². The van der Waals surface area contributed by atoms with Crippen LogP contribution in [0.3, 0.4) is 0 Å². The third kappa shape index (κ3) is 5.38. The SMILES string of the molecule is CCOc1ccc(C(=O)N(C)Cc2ccccc2)cc1COc1ccccc1C. The molecule has 0 aliphatic rings. The molecular weight excluding hydrogens is 362 g/mol. The summed E-state index contributed by atoms with van der Waals surface area (Å²) < 4.78 is 11.7. The van der Waals surface area contributed by atoms with Gasteiger partial charge in [0.25, 0.3) is 5.91 Å². The molecule has 0 aliphatic carbocycles. The Labute approximate surface area is 172 Å². The summed E-state index contributed by atoms with van der Waals surface area (Å²) in [4.78, 5) is 14.7. The Morgan fingerprint density at radius 2 is 1.62 bits per heavy atom. The molecule has 0 aliphatic heterocycles. The molecule has 0 atom stereocenters. The topological polar surface area (TPSA) is 38.8 Å². The second-order valence-electron chi connectivity index (χ2n) is 6.96. The summed E-state index contributed by atoms with van der Waals surface area (Å²) in [5.41, 5.74) is 3.64. The molecular formula is C25H27NO3. The lowest BCUT2D eigenvalue weighted by molar-refractivity contribution is 0.0785. The van der Waals surface area contributed by atoms with Gasteiger partial charge in [-0.15, -0.1) is 0 Å². The van der Waals surface area contributed by atoms with Crippen molar-refractivity contribution in [3.05, 3.63) is 95.1 Å². The van der Waals surface area contributed by atoms with Gasteiger partial charge in [0.2, 0.25) is 0 Å².